The van der Waals surface area contributed by atoms with Gasteiger partial charge in [-0.3, -0.25) is 4.79 Å². The molecule has 1 aromatic rings. The number of carbonyl (C=O) groups is 1. The van der Waals surface area contributed by atoms with Crippen LogP contribution < -0.4 is 5.32 Å². The van der Waals surface area contributed by atoms with E-state index in [0.29, 0.717) is 12.8 Å². The Bertz CT molecular complexity index is 482. The maximum Gasteiger partial charge on any atom is 0.220 e. The number of nitrogens with one attached hydrogen (secondary N) is 1. The van der Waals surface area contributed by atoms with Crippen molar-refractivity contribution in [1.82, 2.24) is 5.32 Å². The van der Waals surface area contributed by atoms with Crippen molar-refractivity contribution in [3.63, 3.8) is 0 Å². The van der Waals surface area contributed by atoms with E-state index in [-0.39, 0.29) is 18.1 Å². The number of fused-ring (bicyclic) bond motifs is 1. The maximum atomic E-state index is 12.0. The number of carbonyl (C=O) groups excluding carboxylic acids is 1. The predicted octanol–water partition coefficient (Wildman–Crippen LogP) is 1.72. The molecule has 1 saturated heterocycles. The summed E-state index contributed by atoms with van der Waals surface area (Å²) in [6.45, 7) is 0.820. The molecular formula is C16H21NO3. The van der Waals surface area contributed by atoms with Crippen molar-refractivity contribution in [3.05, 3.63) is 35.4 Å². The molecular weight excluding hydrogens is 254 g/mol. The van der Waals surface area contributed by atoms with Crippen LogP contribution in [0.3, 0.4) is 0 Å². The first-order chi connectivity index (χ1) is 9.74. The Labute approximate surface area is 119 Å². The second kappa shape index (κ2) is 5.94. The molecule has 0 spiro atoms. The van der Waals surface area contributed by atoms with E-state index in [2.05, 4.69) is 5.32 Å². The molecule has 0 bridgehead atoms. The lowest BCUT2D eigenvalue weighted by atomic mass is 10.1. The molecule has 1 heterocycles. The highest BCUT2D eigenvalue weighted by atomic mass is 16.5. The second-order valence-electron chi connectivity index (χ2n) is 5.69. The molecule has 0 radical (unpaired) electrons. The van der Waals surface area contributed by atoms with Crippen LogP contribution in [0.15, 0.2) is 24.3 Å². The fourth-order valence-corrected chi connectivity index (χ4v) is 3.16. The van der Waals surface area contributed by atoms with Gasteiger partial charge in [0.1, 0.15) is 0 Å². The Morgan fingerprint density at radius 3 is 3.05 bits per heavy atom. The molecule has 2 N–H and O–H groups in total. The number of aliphatic hydroxyl groups excluding tert-OH is 1. The minimum Gasteiger partial charge on any atom is -0.390 e. The van der Waals surface area contributed by atoms with Gasteiger partial charge in [0, 0.05) is 19.4 Å². The summed E-state index contributed by atoms with van der Waals surface area (Å²) in [4.78, 5) is 12.0. The van der Waals surface area contributed by atoms with Crippen LogP contribution in [-0.2, 0) is 16.0 Å². The minimum atomic E-state index is -0.515. The molecule has 3 rings (SSSR count). The van der Waals surface area contributed by atoms with Crippen molar-refractivity contribution in [3.8, 4) is 0 Å². The van der Waals surface area contributed by atoms with Crippen LogP contribution in [0.2, 0.25) is 0 Å². The fraction of sp³-hybridized carbons (Fsp3) is 0.562. The third-order valence-corrected chi connectivity index (χ3v) is 4.24. The van der Waals surface area contributed by atoms with Crippen LogP contribution in [0.1, 0.15) is 42.9 Å². The first kappa shape index (κ1) is 13.6. The number of aliphatic hydroxyl groups is 1. The lowest BCUT2D eigenvalue weighted by molar-refractivity contribution is -0.123. The molecule has 1 aromatic carbocycles. The molecule has 2 aliphatic rings. The van der Waals surface area contributed by atoms with Crippen LogP contribution >= 0.6 is 0 Å². The first-order valence-electron chi connectivity index (χ1n) is 7.41. The minimum absolute atomic E-state index is 0.00116. The van der Waals surface area contributed by atoms with Gasteiger partial charge in [-0.05, 0) is 30.4 Å². The Balaban J connectivity index is 1.55. The van der Waals surface area contributed by atoms with E-state index in [1.54, 1.807) is 0 Å². The van der Waals surface area contributed by atoms with Gasteiger partial charge in [0.05, 0.1) is 18.2 Å². The molecule has 1 amide bonds. The quantitative estimate of drug-likeness (QED) is 0.879. The van der Waals surface area contributed by atoms with Crippen LogP contribution in [0.5, 0.6) is 0 Å². The summed E-state index contributed by atoms with van der Waals surface area (Å²) in [7, 11) is 0. The second-order valence-corrected chi connectivity index (χ2v) is 5.69. The molecule has 20 heavy (non-hydrogen) atoms. The lowest BCUT2D eigenvalue weighted by Gasteiger charge is -2.18. The van der Waals surface area contributed by atoms with Gasteiger partial charge >= 0.3 is 0 Å². The average molecular weight is 275 g/mol. The van der Waals surface area contributed by atoms with Gasteiger partial charge in [0.15, 0.2) is 0 Å². The summed E-state index contributed by atoms with van der Waals surface area (Å²) < 4.78 is 5.52. The van der Waals surface area contributed by atoms with Crippen LogP contribution in [-0.4, -0.2) is 29.8 Å². The van der Waals surface area contributed by atoms with Crippen molar-refractivity contribution < 1.29 is 14.6 Å². The van der Waals surface area contributed by atoms with Crippen LogP contribution in [0.4, 0.5) is 0 Å². The van der Waals surface area contributed by atoms with E-state index < -0.39 is 6.10 Å². The van der Waals surface area contributed by atoms with Gasteiger partial charge in [0.2, 0.25) is 5.91 Å². The van der Waals surface area contributed by atoms with Gasteiger partial charge in [-0.25, -0.2) is 0 Å². The van der Waals surface area contributed by atoms with Gasteiger partial charge in [-0.1, -0.05) is 24.3 Å². The third kappa shape index (κ3) is 2.86. The molecule has 1 aliphatic carbocycles. The summed E-state index contributed by atoms with van der Waals surface area (Å²) in [5, 5.41) is 13.1. The summed E-state index contributed by atoms with van der Waals surface area (Å²) in [6, 6.07) is 7.65. The highest BCUT2D eigenvalue weighted by Gasteiger charge is 2.31. The summed E-state index contributed by atoms with van der Waals surface area (Å²) >= 11 is 0. The SMILES string of the molecule is O=C(CCC1CCCO1)NC1c2ccccc2CC1O. The number of benzene rings is 1. The zero-order valence-corrected chi connectivity index (χ0v) is 11.5. The van der Waals surface area contributed by atoms with Crippen molar-refractivity contribution in [1.29, 1.82) is 0 Å². The van der Waals surface area contributed by atoms with E-state index in [1.165, 1.54) is 0 Å². The van der Waals surface area contributed by atoms with Gasteiger partial charge in [0.25, 0.3) is 0 Å². The summed E-state index contributed by atoms with van der Waals surface area (Å²) in [6.07, 6.45) is 3.74. The van der Waals surface area contributed by atoms with Gasteiger partial charge in [-0.15, -0.1) is 0 Å². The lowest BCUT2D eigenvalue weighted by Crippen LogP contribution is -2.34. The average Bonchev–Trinajstić information content (AvgIpc) is 3.06. The zero-order chi connectivity index (χ0) is 13.9. The first-order valence-corrected chi connectivity index (χ1v) is 7.41. The van der Waals surface area contributed by atoms with E-state index in [9.17, 15) is 9.90 Å². The molecule has 4 nitrogen and oxygen atoms in total. The molecule has 3 atom stereocenters. The molecule has 0 aromatic heterocycles. The smallest absolute Gasteiger partial charge is 0.220 e. The highest BCUT2D eigenvalue weighted by Crippen LogP contribution is 2.31. The maximum absolute atomic E-state index is 12.0. The van der Waals surface area contributed by atoms with Crippen molar-refractivity contribution in [2.75, 3.05) is 6.61 Å². The molecule has 1 aliphatic heterocycles. The molecule has 108 valence electrons. The van der Waals surface area contributed by atoms with Crippen molar-refractivity contribution >= 4 is 5.91 Å². The molecule has 3 unspecified atom stereocenters. The van der Waals surface area contributed by atoms with E-state index in [0.717, 1.165) is 37.0 Å². The van der Waals surface area contributed by atoms with E-state index >= 15 is 0 Å². The fourth-order valence-electron chi connectivity index (χ4n) is 3.16. The van der Waals surface area contributed by atoms with E-state index in [1.807, 2.05) is 24.3 Å². The molecule has 4 heteroatoms. The monoisotopic (exact) mass is 275 g/mol. The summed E-state index contributed by atoms with van der Waals surface area (Å²) in [5.41, 5.74) is 2.18. The number of hydrogen-bond donors (Lipinski definition) is 2. The standard InChI is InChI=1S/C16H21NO3/c18-14-10-11-4-1-2-6-13(11)16(14)17-15(19)8-7-12-5-3-9-20-12/h1-2,4,6,12,14,16,18H,3,5,7-10H2,(H,17,19). The normalized spacial score (nSPS) is 28.4. The van der Waals surface area contributed by atoms with Crippen molar-refractivity contribution in [2.24, 2.45) is 0 Å². The topological polar surface area (TPSA) is 58.6 Å². The van der Waals surface area contributed by atoms with Crippen molar-refractivity contribution in [2.45, 2.75) is 50.4 Å². The number of ether oxygens (including phenoxy) is 1. The number of rotatable bonds is 4. The molecule has 1 fully saturated rings. The highest BCUT2D eigenvalue weighted by molar-refractivity contribution is 5.76. The third-order valence-electron chi connectivity index (χ3n) is 4.24. The van der Waals surface area contributed by atoms with Crippen LogP contribution in [0, 0.1) is 0 Å². The Morgan fingerprint density at radius 1 is 1.40 bits per heavy atom. The number of hydrogen-bond acceptors (Lipinski definition) is 3. The molecule has 0 saturated carbocycles. The Kier molecular flexibility index (Phi) is 4.03. The zero-order valence-electron chi connectivity index (χ0n) is 11.5. The van der Waals surface area contributed by atoms with Crippen LogP contribution in [0.25, 0.3) is 0 Å². The Morgan fingerprint density at radius 2 is 2.25 bits per heavy atom. The largest absolute Gasteiger partial charge is 0.390 e. The number of amides is 1. The summed E-state index contributed by atoms with van der Waals surface area (Å²) in [5.74, 6) is 0.00116. The van der Waals surface area contributed by atoms with Gasteiger partial charge < -0.3 is 15.2 Å². The van der Waals surface area contributed by atoms with E-state index in [4.69, 9.17) is 4.74 Å². The predicted molar refractivity (Wildman–Crippen MR) is 75.2 cm³/mol. The Hall–Kier alpha value is -1.39. The van der Waals surface area contributed by atoms with Gasteiger partial charge in [-0.2, -0.15) is 0 Å².